The maximum Gasteiger partial charge on any atom is 0.363 e. The van der Waals surface area contributed by atoms with Gasteiger partial charge in [-0.05, 0) is 36.4 Å². The molecule has 3 aromatic rings. The summed E-state index contributed by atoms with van der Waals surface area (Å²) in [6.45, 7) is 0. The van der Waals surface area contributed by atoms with E-state index >= 15 is 0 Å². The maximum absolute atomic E-state index is 12.1. The molecule has 138 valence electrons. The molecular formula is C20H11BrN2O5. The van der Waals surface area contributed by atoms with Gasteiger partial charge in [-0.15, -0.1) is 0 Å². The Balaban J connectivity index is 1.61. The number of halogens is 1. The Morgan fingerprint density at radius 1 is 1.04 bits per heavy atom. The van der Waals surface area contributed by atoms with Crippen LogP contribution >= 0.6 is 15.9 Å². The zero-order valence-electron chi connectivity index (χ0n) is 14.2. The van der Waals surface area contributed by atoms with Gasteiger partial charge in [0.25, 0.3) is 5.69 Å². The van der Waals surface area contributed by atoms with Gasteiger partial charge < -0.3 is 9.15 Å². The minimum Gasteiger partial charge on any atom is -0.457 e. The molecule has 0 atom stereocenters. The molecule has 0 amide bonds. The molecular weight excluding hydrogens is 428 g/mol. The number of hydrogen-bond acceptors (Lipinski definition) is 6. The van der Waals surface area contributed by atoms with E-state index in [-0.39, 0.29) is 17.3 Å². The Kier molecular flexibility index (Phi) is 4.62. The van der Waals surface area contributed by atoms with Crippen molar-refractivity contribution in [3.8, 4) is 11.3 Å². The predicted molar refractivity (Wildman–Crippen MR) is 106 cm³/mol. The van der Waals surface area contributed by atoms with E-state index in [9.17, 15) is 14.9 Å². The van der Waals surface area contributed by atoms with Crippen LogP contribution in [0.1, 0.15) is 11.3 Å². The molecule has 0 fully saturated rings. The Morgan fingerprint density at radius 3 is 2.57 bits per heavy atom. The van der Waals surface area contributed by atoms with E-state index in [0.717, 1.165) is 4.47 Å². The number of ether oxygens (including phenoxy) is 1. The molecule has 0 unspecified atom stereocenters. The second-order valence-electron chi connectivity index (χ2n) is 5.85. The van der Waals surface area contributed by atoms with Crippen molar-refractivity contribution in [2.24, 2.45) is 4.99 Å². The Morgan fingerprint density at radius 2 is 1.82 bits per heavy atom. The highest BCUT2D eigenvalue weighted by atomic mass is 79.9. The van der Waals surface area contributed by atoms with Gasteiger partial charge in [-0.2, -0.15) is 0 Å². The normalized spacial score (nSPS) is 14.8. The Hall–Kier alpha value is -3.52. The van der Waals surface area contributed by atoms with Crippen molar-refractivity contribution in [2.75, 3.05) is 0 Å². The molecule has 0 saturated carbocycles. The Bertz CT molecular complexity index is 1150. The van der Waals surface area contributed by atoms with Crippen LogP contribution in [0.4, 0.5) is 5.69 Å². The maximum atomic E-state index is 12.1. The molecule has 2 aromatic carbocycles. The zero-order chi connectivity index (χ0) is 19.7. The fourth-order valence-electron chi connectivity index (χ4n) is 2.62. The number of furan rings is 1. The molecule has 1 aliphatic heterocycles. The van der Waals surface area contributed by atoms with E-state index in [0.29, 0.717) is 22.6 Å². The Labute approximate surface area is 167 Å². The van der Waals surface area contributed by atoms with Crippen LogP contribution in [0.5, 0.6) is 0 Å². The first-order chi connectivity index (χ1) is 13.5. The van der Waals surface area contributed by atoms with Crippen LogP contribution in [0.2, 0.25) is 0 Å². The third-order valence-corrected chi connectivity index (χ3v) is 4.49. The third kappa shape index (κ3) is 3.63. The smallest absolute Gasteiger partial charge is 0.363 e. The van der Waals surface area contributed by atoms with Gasteiger partial charge in [-0.3, -0.25) is 10.1 Å². The summed E-state index contributed by atoms with van der Waals surface area (Å²) in [5.74, 6) is 0.466. The van der Waals surface area contributed by atoms with Crippen molar-refractivity contribution in [1.82, 2.24) is 0 Å². The summed E-state index contributed by atoms with van der Waals surface area (Å²) >= 11 is 3.35. The van der Waals surface area contributed by atoms with Gasteiger partial charge in [0, 0.05) is 33.8 Å². The van der Waals surface area contributed by atoms with Gasteiger partial charge >= 0.3 is 5.97 Å². The van der Waals surface area contributed by atoms with Crippen LogP contribution in [0.15, 0.2) is 80.2 Å². The average molecular weight is 439 g/mol. The molecule has 0 saturated heterocycles. The van der Waals surface area contributed by atoms with Gasteiger partial charge in [-0.25, -0.2) is 9.79 Å². The lowest BCUT2D eigenvalue weighted by Crippen LogP contribution is -2.05. The zero-order valence-corrected chi connectivity index (χ0v) is 15.8. The first-order valence-electron chi connectivity index (χ1n) is 8.13. The molecule has 7 nitrogen and oxygen atoms in total. The number of aliphatic imine (C=N–C) groups is 1. The van der Waals surface area contributed by atoms with Crippen LogP contribution in [0.25, 0.3) is 17.4 Å². The van der Waals surface area contributed by atoms with Gasteiger partial charge in [0.05, 0.1) is 4.92 Å². The van der Waals surface area contributed by atoms with E-state index in [2.05, 4.69) is 20.9 Å². The molecule has 2 heterocycles. The number of hydrogen-bond donors (Lipinski definition) is 0. The molecule has 0 spiro atoms. The summed E-state index contributed by atoms with van der Waals surface area (Å²) < 4.78 is 11.8. The van der Waals surface area contributed by atoms with Crippen molar-refractivity contribution in [3.05, 3.63) is 92.3 Å². The predicted octanol–water partition coefficient (Wildman–Crippen LogP) is 4.96. The lowest BCUT2D eigenvalue weighted by Gasteiger charge is -1.98. The first kappa shape index (κ1) is 17.9. The highest BCUT2D eigenvalue weighted by Crippen LogP contribution is 2.27. The molecule has 1 aromatic heterocycles. The van der Waals surface area contributed by atoms with E-state index in [1.807, 2.05) is 12.1 Å². The number of carbonyl (C=O) groups is 1. The highest BCUT2D eigenvalue weighted by molar-refractivity contribution is 9.10. The largest absolute Gasteiger partial charge is 0.457 e. The monoisotopic (exact) mass is 438 g/mol. The van der Waals surface area contributed by atoms with Crippen molar-refractivity contribution in [2.45, 2.75) is 0 Å². The molecule has 0 bridgehead atoms. The van der Waals surface area contributed by atoms with Crippen LogP contribution in [-0.2, 0) is 9.53 Å². The number of non-ortho nitro benzene ring substituents is 1. The second-order valence-corrected chi connectivity index (χ2v) is 6.77. The summed E-state index contributed by atoms with van der Waals surface area (Å²) in [6.07, 6.45) is 1.47. The van der Waals surface area contributed by atoms with E-state index in [4.69, 9.17) is 9.15 Å². The van der Waals surface area contributed by atoms with Gasteiger partial charge in [-0.1, -0.05) is 28.1 Å². The number of nitro groups is 1. The average Bonchev–Trinajstić information content (AvgIpc) is 3.30. The number of nitro benzene ring substituents is 1. The SMILES string of the molecule is O=C1OC(c2ccc(Br)cc2)=NC1=Cc1ccc(-c2cccc([N+](=O)[O-])c2)o1. The van der Waals surface area contributed by atoms with Gasteiger partial charge in [0.15, 0.2) is 5.70 Å². The molecule has 1 aliphatic rings. The quantitative estimate of drug-likeness (QED) is 0.248. The number of cyclic esters (lactones) is 1. The lowest BCUT2D eigenvalue weighted by molar-refractivity contribution is -0.384. The van der Waals surface area contributed by atoms with Crippen LogP contribution in [0.3, 0.4) is 0 Å². The van der Waals surface area contributed by atoms with E-state index in [1.54, 1.807) is 36.4 Å². The second kappa shape index (κ2) is 7.24. The summed E-state index contributed by atoms with van der Waals surface area (Å²) in [6, 6.07) is 16.7. The van der Waals surface area contributed by atoms with Crippen LogP contribution in [-0.4, -0.2) is 16.8 Å². The molecule has 28 heavy (non-hydrogen) atoms. The summed E-state index contributed by atoms with van der Waals surface area (Å²) in [7, 11) is 0. The van der Waals surface area contributed by atoms with Crippen molar-refractivity contribution < 1.29 is 18.9 Å². The number of nitrogens with zero attached hydrogens (tertiary/aromatic N) is 2. The standard InChI is InChI=1S/C20H11BrN2O5/c21-14-6-4-12(5-7-14)19-22-17(20(24)28-19)11-16-8-9-18(27-16)13-2-1-3-15(10-13)23(25)26/h1-11H. The first-order valence-corrected chi connectivity index (χ1v) is 8.92. The van der Waals surface area contributed by atoms with Crippen molar-refractivity contribution in [1.29, 1.82) is 0 Å². The summed E-state index contributed by atoms with van der Waals surface area (Å²) in [4.78, 5) is 26.8. The fraction of sp³-hybridized carbons (Fsp3) is 0. The van der Waals surface area contributed by atoms with Gasteiger partial charge in [0.2, 0.25) is 5.90 Å². The highest BCUT2D eigenvalue weighted by Gasteiger charge is 2.24. The number of carbonyl (C=O) groups excluding carboxylic acids is 1. The molecule has 0 N–H and O–H groups in total. The fourth-order valence-corrected chi connectivity index (χ4v) is 2.88. The van der Waals surface area contributed by atoms with Crippen LogP contribution in [0, 0.1) is 10.1 Å². The van der Waals surface area contributed by atoms with E-state index < -0.39 is 10.9 Å². The topological polar surface area (TPSA) is 94.9 Å². The minimum absolute atomic E-state index is 0.0306. The van der Waals surface area contributed by atoms with Crippen LogP contribution < -0.4 is 0 Å². The number of rotatable bonds is 4. The third-order valence-electron chi connectivity index (χ3n) is 3.96. The molecule has 0 radical (unpaired) electrons. The number of esters is 1. The number of benzene rings is 2. The van der Waals surface area contributed by atoms with Crippen molar-refractivity contribution >= 4 is 39.6 Å². The molecule has 4 rings (SSSR count). The summed E-state index contributed by atoms with van der Waals surface area (Å²) in [5, 5.41) is 10.9. The lowest BCUT2D eigenvalue weighted by atomic mass is 10.1. The summed E-state index contributed by atoms with van der Waals surface area (Å²) in [5.41, 5.74) is 1.32. The van der Waals surface area contributed by atoms with Crippen molar-refractivity contribution in [3.63, 3.8) is 0 Å². The molecule has 0 aliphatic carbocycles. The molecule has 8 heteroatoms. The van der Waals surface area contributed by atoms with Gasteiger partial charge in [0.1, 0.15) is 11.5 Å². The minimum atomic E-state index is -0.578. The van der Waals surface area contributed by atoms with E-state index in [1.165, 1.54) is 18.2 Å².